The van der Waals surface area contributed by atoms with Crippen LogP contribution in [-0.2, 0) is 31.6 Å². The molecule has 2 unspecified atom stereocenters. The van der Waals surface area contributed by atoms with Crippen LogP contribution in [0.1, 0.15) is 50.3 Å². The average molecular weight is 432 g/mol. The Morgan fingerprint density at radius 3 is 2.38 bits per heavy atom. The standard InChI is InChI=1S/C23H26ClNO3S/c1-15-9-21(15)25-20-8-7-17(11-19(20)23(2,3)12-22(25)26)14-29(27,28)13-16-5-4-6-18(24)10-16/h4-8,10-11,15,21H,9,12-14H2,1-3H3. The fourth-order valence-electron chi connectivity index (χ4n) is 4.33. The summed E-state index contributed by atoms with van der Waals surface area (Å²) in [4.78, 5) is 14.7. The molecule has 0 bridgehead atoms. The molecule has 1 saturated carbocycles. The van der Waals surface area contributed by atoms with Crippen LogP contribution in [0, 0.1) is 5.92 Å². The number of hydrogen-bond acceptors (Lipinski definition) is 3. The lowest BCUT2D eigenvalue weighted by atomic mass is 9.76. The van der Waals surface area contributed by atoms with E-state index in [4.69, 9.17) is 11.6 Å². The van der Waals surface area contributed by atoms with Crippen molar-refractivity contribution in [1.82, 2.24) is 0 Å². The monoisotopic (exact) mass is 431 g/mol. The van der Waals surface area contributed by atoms with Gasteiger partial charge in [0.1, 0.15) is 0 Å². The minimum atomic E-state index is -3.34. The molecule has 154 valence electrons. The van der Waals surface area contributed by atoms with Crippen molar-refractivity contribution in [3.8, 4) is 0 Å². The number of hydrogen-bond donors (Lipinski definition) is 0. The second-order valence-electron chi connectivity index (χ2n) is 9.12. The SMILES string of the molecule is CC1CC1N1C(=O)CC(C)(C)c2cc(CS(=O)(=O)Cc3cccc(Cl)c3)ccc21. The Labute approximate surface area is 177 Å². The Hall–Kier alpha value is -1.85. The summed E-state index contributed by atoms with van der Waals surface area (Å²) in [6.07, 6.45) is 1.48. The van der Waals surface area contributed by atoms with E-state index in [0.29, 0.717) is 22.9 Å². The normalized spacial score (nSPS) is 23.0. The molecule has 1 aliphatic carbocycles. The number of amides is 1. The van der Waals surface area contributed by atoms with Gasteiger partial charge in [-0.1, -0.05) is 56.6 Å². The van der Waals surface area contributed by atoms with E-state index in [0.717, 1.165) is 23.2 Å². The molecule has 6 heteroatoms. The summed E-state index contributed by atoms with van der Waals surface area (Å²) in [5.41, 5.74) is 3.14. The molecule has 0 saturated heterocycles. The number of rotatable bonds is 5. The van der Waals surface area contributed by atoms with Crippen molar-refractivity contribution in [2.45, 2.75) is 56.6 Å². The van der Waals surface area contributed by atoms with E-state index in [-0.39, 0.29) is 28.9 Å². The summed E-state index contributed by atoms with van der Waals surface area (Å²) < 4.78 is 25.6. The van der Waals surface area contributed by atoms with Crippen molar-refractivity contribution in [1.29, 1.82) is 0 Å². The maximum atomic E-state index is 12.8. The number of anilines is 1. The van der Waals surface area contributed by atoms with Gasteiger partial charge < -0.3 is 4.90 Å². The average Bonchev–Trinajstić information content (AvgIpc) is 3.30. The Bertz CT molecular complexity index is 1080. The molecule has 2 aromatic rings. The van der Waals surface area contributed by atoms with Crippen LogP contribution in [0.4, 0.5) is 5.69 Å². The summed E-state index contributed by atoms with van der Waals surface area (Å²) in [6.45, 7) is 6.28. The number of nitrogens with zero attached hydrogens (tertiary/aromatic N) is 1. The summed E-state index contributed by atoms with van der Waals surface area (Å²) in [5, 5.41) is 0.535. The predicted octanol–water partition coefficient (Wildman–Crippen LogP) is 4.88. The zero-order chi connectivity index (χ0) is 21.0. The molecule has 2 aromatic carbocycles. The number of benzene rings is 2. The summed E-state index contributed by atoms with van der Waals surface area (Å²) >= 11 is 5.98. The molecule has 2 aliphatic rings. The third-order valence-electron chi connectivity index (χ3n) is 5.97. The number of halogens is 1. The van der Waals surface area contributed by atoms with Gasteiger partial charge in [0.05, 0.1) is 11.5 Å². The summed E-state index contributed by atoms with van der Waals surface area (Å²) in [7, 11) is -3.34. The lowest BCUT2D eigenvalue weighted by Crippen LogP contribution is -2.43. The number of carbonyl (C=O) groups is 1. The largest absolute Gasteiger partial charge is 0.309 e. The van der Waals surface area contributed by atoms with E-state index in [2.05, 4.69) is 20.8 Å². The molecule has 4 rings (SSSR count). The van der Waals surface area contributed by atoms with Gasteiger partial charge >= 0.3 is 0 Å². The van der Waals surface area contributed by atoms with Gasteiger partial charge in [-0.25, -0.2) is 8.42 Å². The minimum absolute atomic E-state index is 0.0311. The number of sulfone groups is 1. The van der Waals surface area contributed by atoms with Crippen LogP contribution in [-0.4, -0.2) is 20.4 Å². The van der Waals surface area contributed by atoms with Crippen LogP contribution >= 0.6 is 11.6 Å². The molecule has 29 heavy (non-hydrogen) atoms. The van der Waals surface area contributed by atoms with Gasteiger partial charge in [0.15, 0.2) is 9.84 Å². The van der Waals surface area contributed by atoms with E-state index in [1.54, 1.807) is 24.3 Å². The van der Waals surface area contributed by atoms with E-state index >= 15 is 0 Å². The van der Waals surface area contributed by atoms with Crippen LogP contribution in [0.3, 0.4) is 0 Å². The second-order valence-corrected chi connectivity index (χ2v) is 11.6. The van der Waals surface area contributed by atoms with Crippen molar-refractivity contribution >= 4 is 33.0 Å². The van der Waals surface area contributed by atoms with Crippen molar-refractivity contribution in [3.05, 3.63) is 64.2 Å². The molecule has 1 heterocycles. The predicted molar refractivity (Wildman–Crippen MR) is 117 cm³/mol. The van der Waals surface area contributed by atoms with Gasteiger partial charge in [0.2, 0.25) is 5.91 Å². The maximum absolute atomic E-state index is 12.8. The fourth-order valence-corrected chi connectivity index (χ4v) is 6.02. The first-order valence-corrected chi connectivity index (χ1v) is 12.2. The highest BCUT2D eigenvalue weighted by molar-refractivity contribution is 7.89. The smallest absolute Gasteiger partial charge is 0.228 e. The van der Waals surface area contributed by atoms with Gasteiger partial charge in [0, 0.05) is 28.6 Å². The first-order valence-electron chi connectivity index (χ1n) is 9.96. The zero-order valence-corrected chi connectivity index (χ0v) is 18.6. The molecule has 1 aliphatic heterocycles. The number of carbonyl (C=O) groups excluding carboxylic acids is 1. The molecule has 0 N–H and O–H groups in total. The van der Waals surface area contributed by atoms with Gasteiger partial charge in [-0.05, 0) is 47.2 Å². The molecule has 1 fully saturated rings. The quantitative estimate of drug-likeness (QED) is 0.678. The zero-order valence-electron chi connectivity index (χ0n) is 17.0. The van der Waals surface area contributed by atoms with Crippen molar-refractivity contribution in [2.24, 2.45) is 5.92 Å². The first kappa shape index (κ1) is 20.4. The van der Waals surface area contributed by atoms with Crippen LogP contribution in [0.25, 0.3) is 0 Å². The summed E-state index contributed by atoms with van der Waals surface area (Å²) in [6, 6.07) is 13.0. The Kier molecular flexibility index (Phi) is 5.02. The van der Waals surface area contributed by atoms with Crippen LogP contribution in [0.15, 0.2) is 42.5 Å². The Balaban J connectivity index is 1.62. The van der Waals surface area contributed by atoms with Crippen LogP contribution < -0.4 is 4.90 Å². The van der Waals surface area contributed by atoms with Gasteiger partial charge in [-0.3, -0.25) is 4.79 Å². The minimum Gasteiger partial charge on any atom is -0.309 e. The topological polar surface area (TPSA) is 54.5 Å². The van der Waals surface area contributed by atoms with Crippen molar-refractivity contribution in [3.63, 3.8) is 0 Å². The lowest BCUT2D eigenvalue weighted by molar-refractivity contribution is -0.120. The Morgan fingerprint density at radius 1 is 1.10 bits per heavy atom. The highest BCUT2D eigenvalue weighted by Crippen LogP contribution is 2.47. The molecule has 0 radical (unpaired) electrons. The van der Waals surface area contributed by atoms with E-state index < -0.39 is 9.84 Å². The van der Waals surface area contributed by atoms with Crippen LogP contribution in [0.5, 0.6) is 0 Å². The van der Waals surface area contributed by atoms with Crippen molar-refractivity contribution in [2.75, 3.05) is 4.90 Å². The van der Waals surface area contributed by atoms with Gasteiger partial charge in [-0.15, -0.1) is 0 Å². The van der Waals surface area contributed by atoms with Gasteiger partial charge in [-0.2, -0.15) is 0 Å². The first-order chi connectivity index (χ1) is 13.6. The molecule has 0 aromatic heterocycles. The maximum Gasteiger partial charge on any atom is 0.228 e. The molecule has 1 amide bonds. The summed E-state index contributed by atoms with van der Waals surface area (Å²) in [5.74, 6) is 0.610. The van der Waals surface area contributed by atoms with Gasteiger partial charge in [0.25, 0.3) is 0 Å². The van der Waals surface area contributed by atoms with E-state index in [1.807, 2.05) is 23.1 Å². The third kappa shape index (κ3) is 4.22. The van der Waals surface area contributed by atoms with Crippen molar-refractivity contribution < 1.29 is 13.2 Å². The van der Waals surface area contributed by atoms with E-state index in [9.17, 15) is 13.2 Å². The molecule has 0 spiro atoms. The lowest BCUT2D eigenvalue weighted by Gasteiger charge is -2.39. The highest BCUT2D eigenvalue weighted by atomic mass is 35.5. The molecular formula is C23H26ClNO3S. The molecule has 2 atom stereocenters. The fraction of sp³-hybridized carbons (Fsp3) is 0.435. The molecular weight excluding hydrogens is 406 g/mol. The number of fused-ring (bicyclic) bond motifs is 1. The third-order valence-corrected chi connectivity index (χ3v) is 7.75. The molecule has 4 nitrogen and oxygen atoms in total. The highest BCUT2D eigenvalue weighted by Gasteiger charge is 2.46. The Morgan fingerprint density at radius 2 is 1.76 bits per heavy atom. The second kappa shape index (κ2) is 7.13. The van der Waals surface area contributed by atoms with E-state index in [1.165, 1.54) is 0 Å². The van der Waals surface area contributed by atoms with Crippen LogP contribution in [0.2, 0.25) is 5.02 Å².